The van der Waals surface area contributed by atoms with Crippen LogP contribution in [0.5, 0.6) is 0 Å². The minimum absolute atomic E-state index is 0.390. The largest absolute Gasteiger partial charge is 0.330 e. The van der Waals surface area contributed by atoms with Crippen molar-refractivity contribution in [2.45, 2.75) is 6.42 Å². The van der Waals surface area contributed by atoms with E-state index in [-0.39, 0.29) is 5.82 Å². The molecule has 0 radical (unpaired) electrons. The molecule has 0 saturated heterocycles. The normalized spacial score (nSPS) is 11.1. The van der Waals surface area contributed by atoms with E-state index in [1.54, 1.807) is 12.1 Å². The summed E-state index contributed by atoms with van der Waals surface area (Å²) in [5, 5.41) is 0.887. The van der Waals surface area contributed by atoms with Gasteiger partial charge in [-0.05, 0) is 36.9 Å². The first-order valence-corrected chi connectivity index (χ1v) is 7.46. The molecule has 0 aliphatic carbocycles. The van der Waals surface area contributed by atoms with Crippen LogP contribution >= 0.6 is 23.2 Å². The number of halogens is 3. The Morgan fingerprint density at radius 1 is 1.05 bits per heavy atom. The van der Waals surface area contributed by atoms with Crippen molar-refractivity contribution in [2.75, 3.05) is 6.54 Å². The molecule has 6 heteroatoms. The molecule has 0 amide bonds. The van der Waals surface area contributed by atoms with E-state index in [1.165, 1.54) is 18.2 Å². The predicted molar refractivity (Wildman–Crippen MR) is 87.7 cm³/mol. The molecule has 3 aromatic rings. The Hall–Kier alpha value is -1.75. The number of nitrogens with zero attached hydrogens (tertiary/aromatic N) is 2. The summed E-state index contributed by atoms with van der Waals surface area (Å²) in [6, 6.07) is 9.51. The van der Waals surface area contributed by atoms with Gasteiger partial charge in [0.15, 0.2) is 0 Å². The van der Waals surface area contributed by atoms with Gasteiger partial charge in [0.1, 0.15) is 11.3 Å². The number of hydrogen-bond donors (Lipinski definition) is 1. The summed E-state index contributed by atoms with van der Waals surface area (Å²) < 4.78 is 13.6. The molecule has 0 aliphatic heterocycles. The Morgan fingerprint density at radius 2 is 1.86 bits per heavy atom. The van der Waals surface area contributed by atoms with Gasteiger partial charge in [0, 0.05) is 12.0 Å². The third-order valence-electron chi connectivity index (χ3n) is 3.28. The molecule has 1 heterocycles. The molecule has 1 aromatic heterocycles. The third-order valence-corrected chi connectivity index (χ3v) is 3.92. The Kier molecular flexibility index (Phi) is 4.25. The second kappa shape index (κ2) is 6.16. The summed E-state index contributed by atoms with van der Waals surface area (Å²) in [6.45, 7) is 0.403. The van der Waals surface area contributed by atoms with Crippen molar-refractivity contribution in [3.8, 4) is 11.3 Å². The van der Waals surface area contributed by atoms with Crippen LogP contribution in [-0.2, 0) is 6.42 Å². The average molecular weight is 336 g/mol. The van der Waals surface area contributed by atoms with E-state index in [0.29, 0.717) is 51.0 Å². The molecule has 3 rings (SSSR count). The van der Waals surface area contributed by atoms with Crippen LogP contribution in [0.2, 0.25) is 10.0 Å². The number of fused-ring (bicyclic) bond motifs is 1. The van der Waals surface area contributed by atoms with E-state index in [1.807, 2.05) is 6.07 Å². The van der Waals surface area contributed by atoms with Gasteiger partial charge in [-0.15, -0.1) is 0 Å². The van der Waals surface area contributed by atoms with Gasteiger partial charge in [-0.2, -0.15) is 0 Å². The van der Waals surface area contributed by atoms with Crippen LogP contribution in [0.15, 0.2) is 36.4 Å². The lowest BCUT2D eigenvalue weighted by Gasteiger charge is -2.11. The SMILES string of the molecule is NCCc1nc2cccc(Cl)c2nc1-c1cc(F)ccc1Cl. The summed E-state index contributed by atoms with van der Waals surface area (Å²) in [7, 11) is 0. The highest BCUT2D eigenvalue weighted by Crippen LogP contribution is 2.32. The minimum Gasteiger partial charge on any atom is -0.330 e. The quantitative estimate of drug-likeness (QED) is 0.778. The van der Waals surface area contributed by atoms with E-state index >= 15 is 0 Å². The first kappa shape index (κ1) is 15.2. The lowest BCUT2D eigenvalue weighted by Crippen LogP contribution is -2.08. The molecule has 112 valence electrons. The number of benzene rings is 2. The van der Waals surface area contributed by atoms with Gasteiger partial charge in [0.25, 0.3) is 0 Å². The number of para-hydroxylation sites is 1. The van der Waals surface area contributed by atoms with Crippen molar-refractivity contribution in [3.05, 3.63) is 58.0 Å². The summed E-state index contributed by atoms with van der Waals surface area (Å²) in [5.74, 6) is -0.390. The van der Waals surface area contributed by atoms with E-state index in [0.717, 1.165) is 0 Å². The molecular formula is C16H12Cl2FN3. The maximum absolute atomic E-state index is 13.6. The molecule has 2 aromatic carbocycles. The van der Waals surface area contributed by atoms with Crippen LogP contribution in [0.1, 0.15) is 5.69 Å². The highest BCUT2D eigenvalue weighted by Gasteiger charge is 2.15. The van der Waals surface area contributed by atoms with Crippen LogP contribution in [0.3, 0.4) is 0 Å². The van der Waals surface area contributed by atoms with Gasteiger partial charge in [-0.1, -0.05) is 29.3 Å². The second-order valence-corrected chi connectivity index (χ2v) is 5.60. The van der Waals surface area contributed by atoms with Crippen LogP contribution in [0.4, 0.5) is 4.39 Å². The molecule has 0 bridgehead atoms. The van der Waals surface area contributed by atoms with Crippen molar-refractivity contribution < 1.29 is 4.39 Å². The Balaban J connectivity index is 2.32. The van der Waals surface area contributed by atoms with Crippen molar-refractivity contribution in [2.24, 2.45) is 5.73 Å². The Morgan fingerprint density at radius 3 is 2.64 bits per heavy atom. The molecular weight excluding hydrogens is 324 g/mol. The molecule has 0 unspecified atom stereocenters. The van der Waals surface area contributed by atoms with Gasteiger partial charge in [0.2, 0.25) is 0 Å². The highest BCUT2D eigenvalue weighted by atomic mass is 35.5. The monoisotopic (exact) mass is 335 g/mol. The topological polar surface area (TPSA) is 51.8 Å². The number of hydrogen-bond acceptors (Lipinski definition) is 3. The van der Waals surface area contributed by atoms with E-state index < -0.39 is 0 Å². The van der Waals surface area contributed by atoms with Crippen molar-refractivity contribution in [3.63, 3.8) is 0 Å². The lowest BCUT2D eigenvalue weighted by atomic mass is 10.1. The first-order chi connectivity index (χ1) is 10.6. The predicted octanol–water partition coefficient (Wildman–Crippen LogP) is 4.24. The summed E-state index contributed by atoms with van der Waals surface area (Å²) >= 11 is 12.4. The molecule has 2 N–H and O–H groups in total. The molecule has 0 saturated carbocycles. The zero-order chi connectivity index (χ0) is 15.7. The second-order valence-electron chi connectivity index (χ2n) is 4.79. The maximum atomic E-state index is 13.6. The van der Waals surface area contributed by atoms with Crippen molar-refractivity contribution >= 4 is 34.2 Å². The van der Waals surface area contributed by atoms with Crippen LogP contribution in [-0.4, -0.2) is 16.5 Å². The van der Waals surface area contributed by atoms with Crippen LogP contribution < -0.4 is 5.73 Å². The number of nitrogens with two attached hydrogens (primary N) is 1. The van der Waals surface area contributed by atoms with Gasteiger partial charge >= 0.3 is 0 Å². The summed E-state index contributed by atoms with van der Waals surface area (Å²) in [6.07, 6.45) is 0.512. The molecule has 22 heavy (non-hydrogen) atoms. The van der Waals surface area contributed by atoms with Gasteiger partial charge in [-0.3, -0.25) is 0 Å². The number of aromatic nitrogens is 2. The Labute approximate surface area is 136 Å². The molecule has 0 fully saturated rings. The number of rotatable bonds is 3. The molecule has 0 spiro atoms. The fourth-order valence-electron chi connectivity index (χ4n) is 2.29. The maximum Gasteiger partial charge on any atom is 0.123 e. The zero-order valence-corrected chi connectivity index (χ0v) is 13.0. The standard InChI is InChI=1S/C16H12Cl2FN3/c17-11-5-4-9(19)8-10(11)15-14(6-7-20)21-13-3-1-2-12(18)16(13)22-15/h1-5,8H,6-7,20H2. The minimum atomic E-state index is -0.390. The Bertz CT molecular complexity index is 852. The van der Waals surface area contributed by atoms with E-state index in [9.17, 15) is 4.39 Å². The van der Waals surface area contributed by atoms with E-state index in [4.69, 9.17) is 28.9 Å². The first-order valence-electron chi connectivity index (χ1n) is 6.71. The van der Waals surface area contributed by atoms with Gasteiger partial charge in [0.05, 0.1) is 26.9 Å². The third kappa shape index (κ3) is 2.77. The summed E-state index contributed by atoms with van der Waals surface area (Å²) in [5.41, 5.74) is 8.54. The van der Waals surface area contributed by atoms with E-state index in [2.05, 4.69) is 9.97 Å². The molecule has 0 atom stereocenters. The van der Waals surface area contributed by atoms with Crippen LogP contribution in [0.25, 0.3) is 22.3 Å². The summed E-state index contributed by atoms with van der Waals surface area (Å²) in [4.78, 5) is 9.13. The average Bonchev–Trinajstić information content (AvgIpc) is 2.50. The fourth-order valence-corrected chi connectivity index (χ4v) is 2.70. The van der Waals surface area contributed by atoms with Crippen molar-refractivity contribution in [1.29, 1.82) is 0 Å². The van der Waals surface area contributed by atoms with Crippen LogP contribution in [0, 0.1) is 5.82 Å². The van der Waals surface area contributed by atoms with Gasteiger partial charge in [-0.25, -0.2) is 14.4 Å². The highest BCUT2D eigenvalue weighted by molar-refractivity contribution is 6.35. The zero-order valence-electron chi connectivity index (χ0n) is 11.5. The molecule has 3 nitrogen and oxygen atoms in total. The van der Waals surface area contributed by atoms with Gasteiger partial charge < -0.3 is 5.73 Å². The van der Waals surface area contributed by atoms with Crippen molar-refractivity contribution in [1.82, 2.24) is 9.97 Å². The lowest BCUT2D eigenvalue weighted by molar-refractivity contribution is 0.628. The smallest absolute Gasteiger partial charge is 0.123 e. The fraction of sp³-hybridized carbons (Fsp3) is 0.125. The molecule has 0 aliphatic rings.